The van der Waals surface area contributed by atoms with Crippen molar-refractivity contribution in [2.45, 2.75) is 26.3 Å². The van der Waals surface area contributed by atoms with Crippen molar-refractivity contribution in [3.05, 3.63) is 40.3 Å². The molecule has 0 aliphatic heterocycles. The van der Waals surface area contributed by atoms with Gasteiger partial charge in [0.2, 0.25) is 0 Å². The van der Waals surface area contributed by atoms with E-state index in [4.69, 9.17) is 10.6 Å². The number of nitrogens with one attached hydrogen (secondary N) is 2. The molecule has 0 aromatic heterocycles. The second-order valence-corrected chi connectivity index (χ2v) is 4.83. The first-order valence-corrected chi connectivity index (χ1v) is 6.38. The zero-order valence-corrected chi connectivity index (χ0v) is 11.8. The molecule has 8 heteroatoms. The van der Waals surface area contributed by atoms with Crippen LogP contribution in [0, 0.1) is 5.92 Å². The van der Waals surface area contributed by atoms with Crippen LogP contribution in [0.15, 0.2) is 29.4 Å². The van der Waals surface area contributed by atoms with Crippen molar-refractivity contribution in [3.8, 4) is 0 Å². The summed E-state index contributed by atoms with van der Waals surface area (Å²) in [6.45, 7) is 3.77. The Morgan fingerprint density at radius 1 is 1.38 bits per heavy atom. The quantitative estimate of drug-likeness (QED) is 0.308. The number of nitrogens with zero attached hydrogens (tertiary/aromatic N) is 3. The van der Waals surface area contributed by atoms with Gasteiger partial charge in [-0.25, -0.2) is 5.43 Å². The van der Waals surface area contributed by atoms with Crippen LogP contribution < -0.4 is 10.9 Å². The molecule has 0 heterocycles. The van der Waals surface area contributed by atoms with Gasteiger partial charge >= 0.3 is 5.97 Å². The van der Waals surface area contributed by atoms with E-state index in [2.05, 4.69) is 20.9 Å². The summed E-state index contributed by atoms with van der Waals surface area (Å²) < 4.78 is 0. The van der Waals surface area contributed by atoms with Crippen molar-refractivity contribution >= 4 is 17.6 Å². The third-order valence-corrected chi connectivity index (χ3v) is 2.67. The number of rotatable bonds is 7. The molecule has 3 N–H and O–H groups in total. The highest BCUT2D eigenvalue weighted by Crippen LogP contribution is 2.18. The second kappa shape index (κ2) is 7.88. The predicted octanol–water partition coefficient (Wildman–Crippen LogP) is 2.36. The molecular formula is C13H17N5O3. The normalized spacial score (nSPS) is 11.6. The topological polar surface area (TPSA) is 127 Å². The van der Waals surface area contributed by atoms with E-state index in [0.717, 1.165) is 0 Å². The van der Waals surface area contributed by atoms with Crippen LogP contribution in [0.1, 0.15) is 30.6 Å². The first kappa shape index (κ1) is 16.5. The van der Waals surface area contributed by atoms with Gasteiger partial charge in [-0.3, -0.25) is 15.0 Å². The van der Waals surface area contributed by atoms with Crippen LogP contribution in [-0.4, -0.2) is 23.0 Å². The van der Waals surface area contributed by atoms with Gasteiger partial charge in [-0.1, -0.05) is 37.2 Å². The first-order valence-electron chi connectivity index (χ1n) is 6.38. The molecule has 0 aliphatic carbocycles. The molecule has 1 rings (SSSR count). The number of carbonyl (C=O) groups is 2. The van der Waals surface area contributed by atoms with E-state index in [1.165, 1.54) is 12.1 Å². The number of hydrazine groups is 1. The highest BCUT2D eigenvalue weighted by Gasteiger charge is 2.20. The molecule has 1 atom stereocenters. The number of carboxylic acids is 1. The average molecular weight is 291 g/mol. The molecule has 0 saturated heterocycles. The fourth-order valence-corrected chi connectivity index (χ4v) is 1.71. The van der Waals surface area contributed by atoms with Crippen molar-refractivity contribution in [1.82, 2.24) is 10.9 Å². The minimum atomic E-state index is -1.05. The number of hydrogen-bond donors (Lipinski definition) is 3. The van der Waals surface area contributed by atoms with Gasteiger partial charge in [0, 0.05) is 4.91 Å². The highest BCUT2D eigenvalue weighted by molar-refractivity contribution is 5.98. The molecule has 21 heavy (non-hydrogen) atoms. The van der Waals surface area contributed by atoms with Crippen molar-refractivity contribution in [1.29, 1.82) is 0 Å². The number of carboxylic acid groups (broad SMARTS) is 1. The van der Waals surface area contributed by atoms with Crippen LogP contribution in [0.3, 0.4) is 0 Å². The second-order valence-electron chi connectivity index (χ2n) is 4.83. The highest BCUT2D eigenvalue weighted by atomic mass is 16.4. The van der Waals surface area contributed by atoms with Gasteiger partial charge in [-0.05, 0) is 23.9 Å². The molecule has 0 bridgehead atoms. The number of hydrogen-bond acceptors (Lipinski definition) is 4. The number of amides is 1. The number of benzene rings is 1. The number of azide groups is 1. The maximum Gasteiger partial charge on any atom is 0.322 e. The van der Waals surface area contributed by atoms with Crippen LogP contribution in [-0.2, 0) is 4.79 Å². The smallest absolute Gasteiger partial charge is 0.322 e. The third-order valence-electron chi connectivity index (χ3n) is 2.67. The maximum absolute atomic E-state index is 12.0. The summed E-state index contributed by atoms with van der Waals surface area (Å²) in [4.78, 5) is 25.7. The van der Waals surface area contributed by atoms with Crippen molar-refractivity contribution < 1.29 is 14.7 Å². The lowest BCUT2D eigenvalue weighted by atomic mass is 10.0. The standard InChI is InChI=1S/C13H17N5O3/c1-8(2)7-11(13(20)21)15-17-12(19)9-5-3-4-6-10(9)16-18-14/h3-6,8,11,15H,7H2,1-2H3,(H,17,19)(H,20,21)/t11-/m0/s1. The van der Waals surface area contributed by atoms with Crippen LogP contribution in [0.2, 0.25) is 0 Å². The Hall–Kier alpha value is -2.57. The van der Waals surface area contributed by atoms with E-state index in [0.29, 0.717) is 6.42 Å². The summed E-state index contributed by atoms with van der Waals surface area (Å²) >= 11 is 0. The van der Waals surface area contributed by atoms with Crippen LogP contribution in [0.4, 0.5) is 5.69 Å². The molecule has 0 fully saturated rings. The summed E-state index contributed by atoms with van der Waals surface area (Å²) in [5.74, 6) is -1.45. The minimum Gasteiger partial charge on any atom is -0.480 e. The SMILES string of the molecule is CC(C)C[C@H](NNC(=O)c1ccccc1N=[N+]=[N-])C(=O)O. The van der Waals surface area contributed by atoms with Gasteiger partial charge in [0.1, 0.15) is 6.04 Å². The Balaban J connectivity index is 2.77. The van der Waals surface area contributed by atoms with Crippen molar-refractivity contribution in [2.75, 3.05) is 0 Å². The fourth-order valence-electron chi connectivity index (χ4n) is 1.71. The lowest BCUT2D eigenvalue weighted by Gasteiger charge is -2.17. The van der Waals surface area contributed by atoms with Gasteiger partial charge in [0.25, 0.3) is 5.91 Å². The predicted molar refractivity (Wildman–Crippen MR) is 76.7 cm³/mol. The molecule has 112 valence electrons. The molecular weight excluding hydrogens is 274 g/mol. The Bertz CT molecular complexity index is 567. The lowest BCUT2D eigenvalue weighted by molar-refractivity contribution is -0.140. The third kappa shape index (κ3) is 5.13. The Morgan fingerprint density at radius 2 is 2.05 bits per heavy atom. The Kier molecular flexibility index (Phi) is 6.19. The zero-order chi connectivity index (χ0) is 15.8. The molecule has 1 aromatic rings. The van der Waals surface area contributed by atoms with Crippen LogP contribution >= 0.6 is 0 Å². The Labute approximate surface area is 121 Å². The van der Waals surface area contributed by atoms with Crippen molar-refractivity contribution in [3.63, 3.8) is 0 Å². The van der Waals surface area contributed by atoms with E-state index >= 15 is 0 Å². The maximum atomic E-state index is 12.0. The fraction of sp³-hybridized carbons (Fsp3) is 0.385. The van der Waals surface area contributed by atoms with Gasteiger partial charge in [-0.15, -0.1) is 0 Å². The van der Waals surface area contributed by atoms with Crippen LogP contribution in [0.5, 0.6) is 0 Å². The molecule has 1 aromatic carbocycles. The summed E-state index contributed by atoms with van der Waals surface area (Å²) in [6.07, 6.45) is 0.369. The molecule has 0 saturated carbocycles. The number of carbonyl (C=O) groups excluding carboxylic acids is 1. The molecule has 0 radical (unpaired) electrons. The largest absolute Gasteiger partial charge is 0.480 e. The van der Waals surface area contributed by atoms with E-state index in [1.54, 1.807) is 12.1 Å². The van der Waals surface area contributed by atoms with Gasteiger partial charge in [0.05, 0.1) is 11.3 Å². The minimum absolute atomic E-state index is 0.158. The average Bonchev–Trinajstić information content (AvgIpc) is 2.43. The summed E-state index contributed by atoms with van der Waals surface area (Å²) in [5, 5.41) is 12.5. The molecule has 0 aliphatic rings. The monoisotopic (exact) mass is 291 g/mol. The van der Waals surface area contributed by atoms with Gasteiger partial charge < -0.3 is 5.11 Å². The summed E-state index contributed by atoms with van der Waals surface area (Å²) in [7, 11) is 0. The number of aliphatic carboxylic acids is 1. The molecule has 1 amide bonds. The van der Waals surface area contributed by atoms with Crippen LogP contribution in [0.25, 0.3) is 10.4 Å². The van der Waals surface area contributed by atoms with Gasteiger partial charge in [0.15, 0.2) is 0 Å². The molecule has 0 spiro atoms. The first-order chi connectivity index (χ1) is 9.95. The molecule has 0 unspecified atom stereocenters. The Morgan fingerprint density at radius 3 is 2.62 bits per heavy atom. The lowest BCUT2D eigenvalue weighted by Crippen LogP contribution is -2.48. The molecule has 8 nitrogen and oxygen atoms in total. The summed E-state index contributed by atoms with van der Waals surface area (Å²) in [6, 6.07) is 5.35. The van der Waals surface area contributed by atoms with E-state index in [-0.39, 0.29) is 17.2 Å². The van der Waals surface area contributed by atoms with E-state index < -0.39 is 17.9 Å². The van der Waals surface area contributed by atoms with Crippen molar-refractivity contribution in [2.24, 2.45) is 11.0 Å². The zero-order valence-electron chi connectivity index (χ0n) is 11.8. The van der Waals surface area contributed by atoms with E-state index in [1.807, 2.05) is 13.8 Å². The summed E-state index contributed by atoms with van der Waals surface area (Å²) in [5.41, 5.74) is 13.6. The van der Waals surface area contributed by atoms with E-state index in [9.17, 15) is 9.59 Å². The van der Waals surface area contributed by atoms with Gasteiger partial charge in [-0.2, -0.15) is 0 Å².